The maximum atomic E-state index is 11.5. The third-order valence-corrected chi connectivity index (χ3v) is 3.68. The summed E-state index contributed by atoms with van der Waals surface area (Å²) < 4.78 is 0. The molecule has 0 N–H and O–H groups in total. The van der Waals surface area contributed by atoms with Gasteiger partial charge in [-0.3, -0.25) is 14.5 Å². The molecule has 0 aromatic heterocycles. The highest BCUT2D eigenvalue weighted by atomic mass is 16.2. The summed E-state index contributed by atoms with van der Waals surface area (Å²) in [6, 6.07) is 0.0538. The van der Waals surface area contributed by atoms with Crippen molar-refractivity contribution in [1.29, 1.82) is 0 Å². The highest BCUT2D eigenvalue weighted by molar-refractivity contribution is 6.13. The van der Waals surface area contributed by atoms with E-state index in [1.165, 1.54) is 49.2 Å². The van der Waals surface area contributed by atoms with Crippen molar-refractivity contribution in [2.75, 3.05) is 0 Å². The lowest BCUT2D eigenvalue weighted by Gasteiger charge is -2.28. The zero-order chi connectivity index (χ0) is 11.5. The fraction of sp³-hybridized carbons (Fsp3) is 0.692. The van der Waals surface area contributed by atoms with Crippen LogP contribution in [0.2, 0.25) is 0 Å². The number of imide groups is 1. The van der Waals surface area contributed by atoms with E-state index < -0.39 is 0 Å². The minimum Gasteiger partial charge on any atom is -0.273 e. The predicted molar refractivity (Wildman–Crippen MR) is 61.6 cm³/mol. The fourth-order valence-corrected chi connectivity index (χ4v) is 2.86. The molecule has 0 radical (unpaired) electrons. The molecule has 0 saturated heterocycles. The van der Waals surface area contributed by atoms with Crippen LogP contribution in [0.5, 0.6) is 0 Å². The molecule has 1 aliphatic heterocycles. The van der Waals surface area contributed by atoms with Crippen LogP contribution < -0.4 is 0 Å². The predicted octanol–water partition coefficient (Wildman–Crippen LogP) is 2.27. The van der Waals surface area contributed by atoms with Crippen molar-refractivity contribution < 1.29 is 9.59 Å². The van der Waals surface area contributed by atoms with Crippen LogP contribution in [0.15, 0.2) is 12.2 Å². The minimum atomic E-state index is -0.145. The maximum Gasteiger partial charge on any atom is 0.253 e. The largest absolute Gasteiger partial charge is 0.273 e. The first-order chi connectivity index (χ1) is 7.68. The van der Waals surface area contributed by atoms with Crippen molar-refractivity contribution in [3.05, 3.63) is 12.2 Å². The molecule has 0 aromatic rings. The fourth-order valence-electron chi connectivity index (χ4n) is 2.86. The molecule has 1 heterocycles. The molecule has 0 spiro atoms. The number of rotatable bonds is 3. The van der Waals surface area contributed by atoms with Crippen LogP contribution in [0.25, 0.3) is 0 Å². The van der Waals surface area contributed by atoms with Gasteiger partial charge in [-0.2, -0.15) is 0 Å². The van der Waals surface area contributed by atoms with Gasteiger partial charge >= 0.3 is 0 Å². The first-order valence-electron chi connectivity index (χ1n) is 6.23. The summed E-state index contributed by atoms with van der Waals surface area (Å²) in [4.78, 5) is 24.4. The highest BCUT2D eigenvalue weighted by Crippen LogP contribution is 2.29. The van der Waals surface area contributed by atoms with E-state index in [1.54, 1.807) is 0 Å². The molecule has 3 nitrogen and oxygen atoms in total. The van der Waals surface area contributed by atoms with E-state index in [4.69, 9.17) is 0 Å². The van der Waals surface area contributed by atoms with E-state index in [0.29, 0.717) is 5.92 Å². The Kier molecular flexibility index (Phi) is 3.42. The Labute approximate surface area is 96.5 Å². The van der Waals surface area contributed by atoms with Gasteiger partial charge in [-0.05, 0) is 19.3 Å². The van der Waals surface area contributed by atoms with Crippen LogP contribution in [-0.4, -0.2) is 22.8 Å². The van der Waals surface area contributed by atoms with Gasteiger partial charge in [0, 0.05) is 18.2 Å². The van der Waals surface area contributed by atoms with Crippen LogP contribution in [-0.2, 0) is 9.59 Å². The van der Waals surface area contributed by atoms with Crippen LogP contribution in [0.1, 0.15) is 45.4 Å². The lowest BCUT2D eigenvalue weighted by molar-refractivity contribution is -0.139. The van der Waals surface area contributed by atoms with Crippen molar-refractivity contribution >= 4 is 11.8 Å². The number of carbonyl (C=O) groups is 2. The van der Waals surface area contributed by atoms with Gasteiger partial charge in [0.1, 0.15) is 0 Å². The van der Waals surface area contributed by atoms with E-state index in [-0.39, 0.29) is 17.9 Å². The lowest BCUT2D eigenvalue weighted by Crippen LogP contribution is -2.39. The summed E-state index contributed by atoms with van der Waals surface area (Å²) in [6.45, 7) is 1.98. The Hall–Kier alpha value is -1.12. The number of nitrogens with zero attached hydrogens (tertiary/aromatic N) is 1. The number of amides is 2. The average molecular weight is 221 g/mol. The van der Waals surface area contributed by atoms with Crippen molar-refractivity contribution in [1.82, 2.24) is 4.90 Å². The molecule has 0 bridgehead atoms. The van der Waals surface area contributed by atoms with Gasteiger partial charge in [-0.25, -0.2) is 0 Å². The van der Waals surface area contributed by atoms with Crippen molar-refractivity contribution in [3.8, 4) is 0 Å². The summed E-state index contributed by atoms with van der Waals surface area (Å²) >= 11 is 0. The quantitative estimate of drug-likeness (QED) is 0.685. The van der Waals surface area contributed by atoms with Gasteiger partial charge in [0.15, 0.2) is 0 Å². The third kappa shape index (κ3) is 2.34. The zero-order valence-corrected chi connectivity index (χ0v) is 9.82. The first kappa shape index (κ1) is 11.4. The normalized spacial score (nSPS) is 24.2. The summed E-state index contributed by atoms with van der Waals surface area (Å²) in [7, 11) is 0. The van der Waals surface area contributed by atoms with Gasteiger partial charge in [-0.1, -0.05) is 32.1 Å². The summed E-state index contributed by atoms with van der Waals surface area (Å²) in [5, 5.41) is 0. The van der Waals surface area contributed by atoms with E-state index in [0.717, 1.165) is 6.42 Å². The van der Waals surface area contributed by atoms with Crippen LogP contribution in [0.3, 0.4) is 0 Å². The first-order valence-corrected chi connectivity index (χ1v) is 6.23. The SMILES string of the molecule is C[C@H](CC1CCCCC1)N1C(=O)C=CC1=O. The van der Waals surface area contributed by atoms with E-state index >= 15 is 0 Å². The second kappa shape index (κ2) is 4.81. The molecule has 1 atom stereocenters. The monoisotopic (exact) mass is 221 g/mol. The van der Waals surface area contributed by atoms with Gasteiger partial charge in [-0.15, -0.1) is 0 Å². The average Bonchev–Trinajstić information content (AvgIpc) is 2.60. The van der Waals surface area contributed by atoms with Crippen molar-refractivity contribution in [2.24, 2.45) is 5.92 Å². The molecule has 0 unspecified atom stereocenters. The second-order valence-electron chi connectivity index (χ2n) is 4.97. The number of carbonyl (C=O) groups excluding carboxylic acids is 2. The molecular formula is C13H19NO2. The van der Waals surface area contributed by atoms with Crippen LogP contribution in [0, 0.1) is 5.92 Å². The molecule has 2 aliphatic rings. The van der Waals surface area contributed by atoms with Gasteiger partial charge in [0.25, 0.3) is 11.8 Å². The summed E-state index contributed by atoms with van der Waals surface area (Å²) in [6.07, 6.45) is 10.2. The van der Waals surface area contributed by atoms with E-state index in [1.807, 2.05) is 6.92 Å². The standard InChI is InChI=1S/C13H19NO2/c1-10(9-11-5-3-2-4-6-11)14-12(15)7-8-13(14)16/h7-8,10-11H,2-6,9H2,1H3/t10-/m1/s1. The Morgan fingerprint density at radius 1 is 1.19 bits per heavy atom. The van der Waals surface area contributed by atoms with Crippen molar-refractivity contribution in [2.45, 2.75) is 51.5 Å². The number of hydrogen-bond donors (Lipinski definition) is 0. The highest BCUT2D eigenvalue weighted by Gasteiger charge is 2.30. The van der Waals surface area contributed by atoms with Gasteiger partial charge in [0.05, 0.1) is 0 Å². The molecule has 88 valence electrons. The molecule has 2 rings (SSSR count). The summed E-state index contributed by atoms with van der Waals surface area (Å²) in [5.74, 6) is 0.409. The molecule has 1 fully saturated rings. The minimum absolute atomic E-state index is 0.0538. The molecule has 2 amide bonds. The zero-order valence-electron chi connectivity index (χ0n) is 9.82. The van der Waals surface area contributed by atoms with E-state index in [9.17, 15) is 9.59 Å². The van der Waals surface area contributed by atoms with Crippen LogP contribution >= 0.6 is 0 Å². The molecule has 0 aromatic carbocycles. The molecule has 3 heteroatoms. The van der Waals surface area contributed by atoms with Gasteiger partial charge < -0.3 is 0 Å². The molecule has 1 saturated carbocycles. The Balaban J connectivity index is 1.89. The maximum absolute atomic E-state index is 11.5. The topological polar surface area (TPSA) is 37.4 Å². The molecule has 16 heavy (non-hydrogen) atoms. The van der Waals surface area contributed by atoms with Crippen LogP contribution in [0.4, 0.5) is 0 Å². The smallest absolute Gasteiger partial charge is 0.253 e. The Bertz CT molecular complexity index is 298. The Morgan fingerprint density at radius 3 is 2.31 bits per heavy atom. The number of hydrogen-bond acceptors (Lipinski definition) is 2. The van der Waals surface area contributed by atoms with E-state index in [2.05, 4.69) is 0 Å². The summed E-state index contributed by atoms with van der Waals surface area (Å²) in [5.41, 5.74) is 0. The Morgan fingerprint density at radius 2 is 1.75 bits per heavy atom. The van der Waals surface area contributed by atoms with Gasteiger partial charge in [0.2, 0.25) is 0 Å². The third-order valence-electron chi connectivity index (χ3n) is 3.68. The second-order valence-corrected chi connectivity index (χ2v) is 4.97. The lowest BCUT2D eigenvalue weighted by atomic mass is 9.85. The molecular weight excluding hydrogens is 202 g/mol. The van der Waals surface area contributed by atoms with Crippen molar-refractivity contribution in [3.63, 3.8) is 0 Å². The molecule has 1 aliphatic carbocycles.